The summed E-state index contributed by atoms with van der Waals surface area (Å²) < 4.78 is 4.46. The summed E-state index contributed by atoms with van der Waals surface area (Å²) >= 11 is 0. The van der Waals surface area contributed by atoms with Crippen molar-refractivity contribution in [2.24, 2.45) is 5.92 Å². The first kappa shape index (κ1) is 8.96. The summed E-state index contributed by atoms with van der Waals surface area (Å²) in [5.74, 6) is -0.389. The smallest absolute Gasteiger partial charge is 0.308 e. The highest BCUT2D eigenvalue weighted by molar-refractivity contribution is 5.71. The van der Waals surface area contributed by atoms with Crippen molar-refractivity contribution < 1.29 is 9.53 Å². The van der Waals surface area contributed by atoms with Crippen molar-refractivity contribution in [3.8, 4) is 6.07 Å². The van der Waals surface area contributed by atoms with Crippen LogP contribution in [-0.4, -0.2) is 13.1 Å². The van der Waals surface area contributed by atoms with Gasteiger partial charge in [-0.05, 0) is 6.42 Å². The Labute approximate surface area is 60.6 Å². The highest BCUT2D eigenvalue weighted by atomic mass is 16.5. The van der Waals surface area contributed by atoms with Crippen LogP contribution in [0.25, 0.3) is 0 Å². The van der Waals surface area contributed by atoms with Crippen LogP contribution in [0.15, 0.2) is 0 Å². The molecule has 0 N–H and O–H groups in total. The minimum atomic E-state index is -0.241. The first-order valence-electron chi connectivity index (χ1n) is 3.17. The van der Waals surface area contributed by atoms with E-state index in [1.165, 1.54) is 7.11 Å². The lowest BCUT2D eigenvalue weighted by atomic mass is 10.1. The van der Waals surface area contributed by atoms with Crippen molar-refractivity contribution in [1.82, 2.24) is 0 Å². The molecule has 10 heavy (non-hydrogen) atoms. The van der Waals surface area contributed by atoms with E-state index in [9.17, 15) is 4.79 Å². The first-order chi connectivity index (χ1) is 4.72. The molecular weight excluding hydrogens is 130 g/mol. The van der Waals surface area contributed by atoms with Gasteiger partial charge in [-0.15, -0.1) is 0 Å². The lowest BCUT2D eigenvalue weighted by Crippen LogP contribution is -2.11. The molecule has 0 saturated carbocycles. The number of rotatable bonds is 3. The maximum atomic E-state index is 10.7. The number of nitrogens with zero attached hydrogens (tertiary/aromatic N) is 1. The SMILES string of the molecule is COC(=O)C(C)CCC#N. The van der Waals surface area contributed by atoms with Crippen molar-refractivity contribution in [2.45, 2.75) is 19.8 Å². The van der Waals surface area contributed by atoms with E-state index in [-0.39, 0.29) is 11.9 Å². The molecule has 0 aromatic heterocycles. The van der Waals surface area contributed by atoms with Crippen molar-refractivity contribution in [3.63, 3.8) is 0 Å². The predicted molar refractivity (Wildman–Crippen MR) is 36.0 cm³/mol. The van der Waals surface area contributed by atoms with Crippen LogP contribution in [0.3, 0.4) is 0 Å². The lowest BCUT2D eigenvalue weighted by Gasteiger charge is -2.04. The Morgan fingerprint density at radius 2 is 2.40 bits per heavy atom. The van der Waals surface area contributed by atoms with Gasteiger partial charge in [-0.25, -0.2) is 0 Å². The van der Waals surface area contributed by atoms with Crippen LogP contribution >= 0.6 is 0 Å². The van der Waals surface area contributed by atoms with E-state index in [1.807, 2.05) is 6.07 Å². The highest BCUT2D eigenvalue weighted by Gasteiger charge is 2.11. The van der Waals surface area contributed by atoms with Crippen LogP contribution in [-0.2, 0) is 9.53 Å². The van der Waals surface area contributed by atoms with Gasteiger partial charge in [-0.1, -0.05) is 6.92 Å². The van der Waals surface area contributed by atoms with Gasteiger partial charge in [0.2, 0.25) is 0 Å². The first-order valence-corrected chi connectivity index (χ1v) is 3.17. The second-order valence-corrected chi connectivity index (χ2v) is 2.12. The van der Waals surface area contributed by atoms with Gasteiger partial charge in [0.1, 0.15) is 0 Å². The van der Waals surface area contributed by atoms with E-state index in [0.717, 1.165) is 0 Å². The molecule has 3 heteroatoms. The number of esters is 1. The fourth-order valence-electron chi connectivity index (χ4n) is 0.600. The van der Waals surface area contributed by atoms with Gasteiger partial charge in [0, 0.05) is 6.42 Å². The van der Waals surface area contributed by atoms with E-state index in [4.69, 9.17) is 5.26 Å². The number of nitriles is 1. The zero-order valence-corrected chi connectivity index (χ0v) is 6.26. The molecule has 0 radical (unpaired) electrons. The molecule has 0 heterocycles. The van der Waals surface area contributed by atoms with Crippen LogP contribution < -0.4 is 0 Å². The Morgan fingerprint density at radius 3 is 2.80 bits per heavy atom. The van der Waals surface area contributed by atoms with Gasteiger partial charge in [0.25, 0.3) is 0 Å². The van der Waals surface area contributed by atoms with Crippen LogP contribution in [0, 0.1) is 17.2 Å². The summed E-state index contributed by atoms with van der Waals surface area (Å²) in [5, 5.41) is 8.17. The second kappa shape index (κ2) is 4.80. The van der Waals surface area contributed by atoms with Gasteiger partial charge >= 0.3 is 5.97 Å². The molecule has 0 rings (SSSR count). The average Bonchev–Trinajstić information content (AvgIpc) is 1.98. The molecule has 0 saturated heterocycles. The maximum Gasteiger partial charge on any atom is 0.308 e. The standard InChI is InChI=1S/C7H11NO2/c1-6(4-3-5-8)7(9)10-2/h6H,3-4H2,1-2H3. The molecule has 0 bridgehead atoms. The molecular formula is C7H11NO2. The minimum Gasteiger partial charge on any atom is -0.469 e. The van der Waals surface area contributed by atoms with Crippen LogP contribution in [0.4, 0.5) is 0 Å². The number of hydrogen-bond donors (Lipinski definition) is 0. The molecule has 3 nitrogen and oxygen atoms in total. The van der Waals surface area contributed by atoms with E-state index in [2.05, 4.69) is 4.74 Å². The molecule has 0 aliphatic heterocycles. The van der Waals surface area contributed by atoms with Crippen LogP contribution in [0.1, 0.15) is 19.8 Å². The van der Waals surface area contributed by atoms with Crippen LogP contribution in [0.2, 0.25) is 0 Å². The predicted octanol–water partition coefficient (Wildman–Crippen LogP) is 1.10. The summed E-state index contributed by atoms with van der Waals surface area (Å²) in [6.07, 6.45) is 0.999. The zero-order valence-electron chi connectivity index (χ0n) is 6.26. The number of carbonyl (C=O) groups is 1. The number of hydrogen-bond acceptors (Lipinski definition) is 3. The Balaban J connectivity index is 3.53. The van der Waals surface area contributed by atoms with Crippen LogP contribution in [0.5, 0.6) is 0 Å². The molecule has 0 amide bonds. The molecule has 0 aromatic rings. The molecule has 0 aliphatic carbocycles. The molecule has 0 aromatic carbocycles. The van der Waals surface area contributed by atoms with E-state index in [0.29, 0.717) is 12.8 Å². The summed E-state index contributed by atoms with van der Waals surface area (Å²) in [6.45, 7) is 1.75. The van der Waals surface area contributed by atoms with Gasteiger partial charge in [0.05, 0.1) is 19.1 Å². The average molecular weight is 141 g/mol. The Bertz CT molecular complexity index is 148. The molecule has 0 aliphatic rings. The fourth-order valence-corrected chi connectivity index (χ4v) is 0.600. The largest absolute Gasteiger partial charge is 0.469 e. The second-order valence-electron chi connectivity index (χ2n) is 2.12. The maximum absolute atomic E-state index is 10.7. The normalized spacial score (nSPS) is 11.7. The number of methoxy groups -OCH3 is 1. The third kappa shape index (κ3) is 3.08. The summed E-state index contributed by atoms with van der Waals surface area (Å²) in [7, 11) is 1.35. The molecule has 56 valence electrons. The fraction of sp³-hybridized carbons (Fsp3) is 0.714. The topological polar surface area (TPSA) is 50.1 Å². The quantitative estimate of drug-likeness (QED) is 0.553. The van der Waals surface area contributed by atoms with E-state index < -0.39 is 0 Å². The Hall–Kier alpha value is -1.04. The van der Waals surface area contributed by atoms with E-state index >= 15 is 0 Å². The zero-order chi connectivity index (χ0) is 7.98. The Morgan fingerprint density at radius 1 is 1.80 bits per heavy atom. The van der Waals surface area contributed by atoms with Gasteiger partial charge in [-0.3, -0.25) is 4.79 Å². The van der Waals surface area contributed by atoms with Crippen molar-refractivity contribution in [2.75, 3.05) is 7.11 Å². The van der Waals surface area contributed by atoms with Gasteiger partial charge < -0.3 is 4.74 Å². The molecule has 0 spiro atoms. The highest BCUT2D eigenvalue weighted by Crippen LogP contribution is 2.05. The lowest BCUT2D eigenvalue weighted by molar-refractivity contribution is -0.144. The van der Waals surface area contributed by atoms with Crippen molar-refractivity contribution in [3.05, 3.63) is 0 Å². The Kier molecular flexibility index (Phi) is 4.30. The minimum absolute atomic E-state index is 0.148. The monoisotopic (exact) mass is 141 g/mol. The summed E-state index contributed by atoms with van der Waals surface area (Å²) in [6, 6.07) is 1.97. The van der Waals surface area contributed by atoms with Crippen molar-refractivity contribution in [1.29, 1.82) is 5.26 Å². The van der Waals surface area contributed by atoms with Gasteiger partial charge in [0.15, 0.2) is 0 Å². The third-order valence-electron chi connectivity index (χ3n) is 1.29. The number of ether oxygens (including phenoxy) is 1. The summed E-state index contributed by atoms with van der Waals surface area (Å²) in [4.78, 5) is 10.7. The number of carbonyl (C=O) groups excluding carboxylic acids is 1. The molecule has 1 atom stereocenters. The molecule has 1 unspecified atom stereocenters. The summed E-state index contributed by atoms with van der Waals surface area (Å²) in [5.41, 5.74) is 0. The van der Waals surface area contributed by atoms with Crippen molar-refractivity contribution >= 4 is 5.97 Å². The van der Waals surface area contributed by atoms with E-state index in [1.54, 1.807) is 6.92 Å². The third-order valence-corrected chi connectivity index (χ3v) is 1.29. The van der Waals surface area contributed by atoms with Gasteiger partial charge in [-0.2, -0.15) is 5.26 Å². The molecule has 0 fully saturated rings.